The van der Waals surface area contributed by atoms with E-state index < -0.39 is 0 Å². The highest BCUT2D eigenvalue weighted by Gasteiger charge is 2.30. The van der Waals surface area contributed by atoms with Crippen LogP contribution in [-0.2, 0) is 0 Å². The molecular weight excluding hydrogens is 208 g/mol. The van der Waals surface area contributed by atoms with E-state index in [1.807, 2.05) is 0 Å². The minimum atomic E-state index is 1.04. The highest BCUT2D eigenvalue weighted by atomic mass is 15.1. The first kappa shape index (κ1) is 13.4. The van der Waals surface area contributed by atoms with Crippen molar-refractivity contribution in [3.63, 3.8) is 0 Å². The topological polar surface area (TPSA) is 15.3 Å². The third-order valence-corrected chi connectivity index (χ3v) is 4.69. The van der Waals surface area contributed by atoms with Gasteiger partial charge < -0.3 is 10.2 Å². The summed E-state index contributed by atoms with van der Waals surface area (Å²) in [5, 5.41) is 3.56. The number of fused-ring (bicyclic) bond motifs is 1. The first-order chi connectivity index (χ1) is 8.40. The molecule has 0 aromatic carbocycles. The van der Waals surface area contributed by atoms with Crippen molar-refractivity contribution < 1.29 is 0 Å². The monoisotopic (exact) mass is 238 g/mol. The van der Waals surface area contributed by atoms with Gasteiger partial charge in [-0.25, -0.2) is 0 Å². The molecule has 0 spiro atoms. The van der Waals surface area contributed by atoms with Crippen molar-refractivity contribution in [2.24, 2.45) is 11.8 Å². The molecule has 0 radical (unpaired) electrons. The fourth-order valence-corrected chi connectivity index (χ4v) is 3.54. The van der Waals surface area contributed by atoms with Crippen LogP contribution in [0.5, 0.6) is 0 Å². The van der Waals surface area contributed by atoms with Crippen molar-refractivity contribution in [2.75, 3.05) is 32.7 Å². The predicted octanol–water partition coefficient (Wildman–Crippen LogP) is 2.89. The van der Waals surface area contributed by atoms with Gasteiger partial charge in [-0.1, -0.05) is 32.6 Å². The Balaban J connectivity index is 1.59. The first-order valence-corrected chi connectivity index (χ1v) is 7.83. The van der Waals surface area contributed by atoms with E-state index in [1.54, 1.807) is 0 Å². The number of nitrogens with zero attached hydrogens (tertiary/aromatic N) is 1. The lowest BCUT2D eigenvalue weighted by Gasteiger charge is -2.41. The van der Waals surface area contributed by atoms with Crippen LogP contribution in [0.25, 0.3) is 0 Å². The third kappa shape index (κ3) is 4.26. The summed E-state index contributed by atoms with van der Waals surface area (Å²) in [6.07, 6.45) is 10.1. The normalized spacial score (nSPS) is 30.2. The van der Waals surface area contributed by atoms with Crippen molar-refractivity contribution in [2.45, 2.75) is 51.9 Å². The Kier molecular flexibility index (Phi) is 5.79. The second-order valence-electron chi connectivity index (χ2n) is 6.00. The van der Waals surface area contributed by atoms with E-state index in [9.17, 15) is 0 Å². The number of nitrogens with one attached hydrogen (secondary N) is 1. The van der Waals surface area contributed by atoms with Gasteiger partial charge in [0.2, 0.25) is 0 Å². The lowest BCUT2D eigenvalue weighted by Crippen LogP contribution is -2.44. The van der Waals surface area contributed by atoms with Crippen molar-refractivity contribution in [1.29, 1.82) is 0 Å². The number of rotatable bonds is 6. The number of piperidine rings is 1. The Morgan fingerprint density at radius 3 is 2.71 bits per heavy atom. The molecule has 2 atom stereocenters. The van der Waals surface area contributed by atoms with Crippen molar-refractivity contribution in [3.05, 3.63) is 0 Å². The van der Waals surface area contributed by atoms with Crippen molar-refractivity contribution in [1.82, 2.24) is 10.2 Å². The van der Waals surface area contributed by atoms with Crippen LogP contribution in [0.3, 0.4) is 0 Å². The summed E-state index contributed by atoms with van der Waals surface area (Å²) in [5.41, 5.74) is 0. The van der Waals surface area contributed by atoms with Gasteiger partial charge in [-0.05, 0) is 44.2 Å². The Morgan fingerprint density at radius 2 is 1.88 bits per heavy atom. The molecule has 1 N–H and O–H groups in total. The zero-order valence-electron chi connectivity index (χ0n) is 11.6. The number of likely N-dealkylation sites (tertiary alicyclic amines) is 1. The Labute approximate surface area is 107 Å². The third-order valence-electron chi connectivity index (χ3n) is 4.69. The van der Waals surface area contributed by atoms with E-state index in [0.717, 1.165) is 11.8 Å². The first-order valence-electron chi connectivity index (χ1n) is 7.83. The Hall–Kier alpha value is -0.0800. The van der Waals surface area contributed by atoms with Gasteiger partial charge in [0.05, 0.1) is 0 Å². The van der Waals surface area contributed by atoms with Gasteiger partial charge in [0, 0.05) is 19.6 Å². The SMILES string of the molecule is CCCCNCCN1CCC2CCCCC2C1. The highest BCUT2D eigenvalue weighted by molar-refractivity contribution is 4.83. The zero-order valence-corrected chi connectivity index (χ0v) is 11.6. The lowest BCUT2D eigenvalue weighted by atomic mass is 9.75. The molecule has 100 valence electrons. The minimum Gasteiger partial charge on any atom is -0.315 e. The van der Waals surface area contributed by atoms with E-state index in [4.69, 9.17) is 0 Å². The van der Waals surface area contributed by atoms with Crippen LogP contribution >= 0.6 is 0 Å². The molecule has 1 saturated heterocycles. The second kappa shape index (κ2) is 7.38. The van der Waals surface area contributed by atoms with Gasteiger partial charge in [0.25, 0.3) is 0 Å². The average Bonchev–Trinajstić information content (AvgIpc) is 2.38. The summed E-state index contributed by atoms with van der Waals surface area (Å²) < 4.78 is 0. The van der Waals surface area contributed by atoms with Gasteiger partial charge in [0.15, 0.2) is 0 Å². The highest BCUT2D eigenvalue weighted by Crippen LogP contribution is 2.35. The molecule has 1 aliphatic carbocycles. The summed E-state index contributed by atoms with van der Waals surface area (Å²) in [6.45, 7) is 8.67. The van der Waals surface area contributed by atoms with Crippen LogP contribution in [-0.4, -0.2) is 37.6 Å². The molecule has 2 unspecified atom stereocenters. The quantitative estimate of drug-likeness (QED) is 0.716. The van der Waals surface area contributed by atoms with Crippen LogP contribution in [0.4, 0.5) is 0 Å². The maximum atomic E-state index is 3.56. The fourth-order valence-electron chi connectivity index (χ4n) is 3.54. The number of unbranched alkanes of at least 4 members (excludes halogenated alkanes) is 1. The molecule has 2 nitrogen and oxygen atoms in total. The molecule has 2 fully saturated rings. The van der Waals surface area contributed by atoms with Crippen LogP contribution < -0.4 is 5.32 Å². The molecule has 1 saturated carbocycles. The van der Waals surface area contributed by atoms with Gasteiger partial charge in [0.1, 0.15) is 0 Å². The second-order valence-corrected chi connectivity index (χ2v) is 6.00. The van der Waals surface area contributed by atoms with Crippen LogP contribution in [0.15, 0.2) is 0 Å². The van der Waals surface area contributed by atoms with E-state index in [-0.39, 0.29) is 0 Å². The van der Waals surface area contributed by atoms with Crippen LogP contribution in [0, 0.1) is 11.8 Å². The molecule has 2 aliphatic rings. The molecule has 2 heteroatoms. The maximum Gasteiger partial charge on any atom is 0.0107 e. The summed E-state index contributed by atoms with van der Waals surface area (Å²) in [7, 11) is 0. The van der Waals surface area contributed by atoms with Crippen LogP contribution in [0.1, 0.15) is 51.9 Å². The molecule has 0 bridgehead atoms. The Bertz CT molecular complexity index is 205. The summed E-state index contributed by atoms with van der Waals surface area (Å²) in [5.74, 6) is 2.11. The molecule has 0 aromatic heterocycles. The minimum absolute atomic E-state index is 1.04. The molecule has 0 aromatic rings. The summed E-state index contributed by atoms with van der Waals surface area (Å²) >= 11 is 0. The molecule has 1 aliphatic heterocycles. The van der Waals surface area contributed by atoms with E-state index in [2.05, 4.69) is 17.1 Å². The lowest BCUT2D eigenvalue weighted by molar-refractivity contribution is 0.0876. The maximum absolute atomic E-state index is 3.56. The van der Waals surface area contributed by atoms with Gasteiger partial charge >= 0.3 is 0 Å². The summed E-state index contributed by atoms with van der Waals surface area (Å²) in [6, 6.07) is 0. The largest absolute Gasteiger partial charge is 0.315 e. The molecular formula is C15H30N2. The van der Waals surface area contributed by atoms with Gasteiger partial charge in [-0.3, -0.25) is 0 Å². The van der Waals surface area contributed by atoms with Gasteiger partial charge in [-0.15, -0.1) is 0 Å². The van der Waals surface area contributed by atoms with E-state index in [1.165, 1.54) is 77.7 Å². The van der Waals surface area contributed by atoms with Crippen molar-refractivity contribution >= 4 is 0 Å². The fraction of sp³-hybridized carbons (Fsp3) is 1.00. The van der Waals surface area contributed by atoms with E-state index >= 15 is 0 Å². The molecule has 17 heavy (non-hydrogen) atoms. The zero-order chi connectivity index (χ0) is 11.9. The van der Waals surface area contributed by atoms with E-state index in [0.29, 0.717) is 0 Å². The molecule has 2 rings (SSSR count). The van der Waals surface area contributed by atoms with Crippen molar-refractivity contribution in [3.8, 4) is 0 Å². The van der Waals surface area contributed by atoms with Gasteiger partial charge in [-0.2, -0.15) is 0 Å². The predicted molar refractivity (Wildman–Crippen MR) is 74.3 cm³/mol. The summed E-state index contributed by atoms with van der Waals surface area (Å²) in [4.78, 5) is 2.70. The number of hydrogen-bond donors (Lipinski definition) is 1. The number of hydrogen-bond acceptors (Lipinski definition) is 2. The molecule has 1 heterocycles. The average molecular weight is 238 g/mol. The standard InChI is InChI=1S/C15H30N2/c1-2-3-9-16-10-12-17-11-8-14-6-4-5-7-15(14)13-17/h14-16H,2-13H2,1H3. The Morgan fingerprint density at radius 1 is 1.06 bits per heavy atom. The molecule has 0 amide bonds. The van der Waals surface area contributed by atoms with Crippen LogP contribution in [0.2, 0.25) is 0 Å². The smallest absolute Gasteiger partial charge is 0.0107 e.